The van der Waals surface area contributed by atoms with Crippen molar-refractivity contribution in [1.29, 1.82) is 0 Å². The maximum atomic E-state index is 6.29. The standard InChI is InChI=1S/C19H31NO/c1-5-20-18(19(21-6-2)12-7-8-13-19)14-17-15(3)10-9-11-16(17)4/h9-11,18,20H,5-8,12-14H2,1-4H3. The van der Waals surface area contributed by atoms with E-state index in [9.17, 15) is 0 Å². The van der Waals surface area contributed by atoms with E-state index in [2.05, 4.69) is 51.2 Å². The predicted octanol–water partition coefficient (Wildman–Crippen LogP) is 4.17. The molecule has 21 heavy (non-hydrogen) atoms. The van der Waals surface area contributed by atoms with Gasteiger partial charge < -0.3 is 10.1 Å². The fraction of sp³-hybridized carbons (Fsp3) is 0.684. The molecule has 2 heteroatoms. The van der Waals surface area contributed by atoms with Crippen LogP contribution in [0.2, 0.25) is 0 Å². The number of hydrogen-bond donors (Lipinski definition) is 1. The minimum atomic E-state index is 0.0412. The summed E-state index contributed by atoms with van der Waals surface area (Å²) in [6.07, 6.45) is 6.07. The summed E-state index contributed by atoms with van der Waals surface area (Å²) in [6.45, 7) is 10.6. The number of nitrogens with one attached hydrogen (secondary N) is 1. The molecule has 1 aliphatic carbocycles. The number of aryl methyl sites for hydroxylation is 2. The normalized spacial score (nSPS) is 18.9. The van der Waals surface area contributed by atoms with E-state index in [0.717, 1.165) is 19.6 Å². The summed E-state index contributed by atoms with van der Waals surface area (Å²) in [5.41, 5.74) is 4.35. The maximum Gasteiger partial charge on any atom is 0.0837 e. The van der Waals surface area contributed by atoms with Crippen LogP contribution in [-0.2, 0) is 11.2 Å². The van der Waals surface area contributed by atoms with Crippen molar-refractivity contribution in [3.8, 4) is 0 Å². The van der Waals surface area contributed by atoms with Crippen molar-refractivity contribution in [2.24, 2.45) is 0 Å². The molecular weight excluding hydrogens is 258 g/mol. The fourth-order valence-corrected chi connectivity index (χ4v) is 3.92. The fourth-order valence-electron chi connectivity index (χ4n) is 3.92. The Kier molecular flexibility index (Phi) is 5.83. The molecule has 1 saturated carbocycles. The number of benzene rings is 1. The van der Waals surface area contributed by atoms with Gasteiger partial charge in [0.2, 0.25) is 0 Å². The van der Waals surface area contributed by atoms with Crippen LogP contribution in [0.5, 0.6) is 0 Å². The predicted molar refractivity (Wildman–Crippen MR) is 89.9 cm³/mol. The molecule has 0 spiro atoms. The minimum absolute atomic E-state index is 0.0412. The van der Waals surface area contributed by atoms with E-state index < -0.39 is 0 Å². The monoisotopic (exact) mass is 289 g/mol. The third-order valence-electron chi connectivity index (χ3n) is 5.02. The molecule has 0 bridgehead atoms. The van der Waals surface area contributed by atoms with E-state index in [1.54, 1.807) is 0 Å². The second-order valence-corrected chi connectivity index (χ2v) is 6.39. The van der Waals surface area contributed by atoms with Crippen molar-refractivity contribution in [3.63, 3.8) is 0 Å². The van der Waals surface area contributed by atoms with Crippen molar-refractivity contribution in [2.75, 3.05) is 13.2 Å². The SMILES string of the molecule is CCNC(Cc1c(C)cccc1C)C1(OCC)CCCC1. The van der Waals surface area contributed by atoms with E-state index in [0.29, 0.717) is 6.04 Å². The molecule has 1 fully saturated rings. The zero-order valence-corrected chi connectivity index (χ0v) is 14.2. The van der Waals surface area contributed by atoms with Crippen LogP contribution in [0.15, 0.2) is 18.2 Å². The highest BCUT2D eigenvalue weighted by Crippen LogP contribution is 2.38. The maximum absolute atomic E-state index is 6.29. The van der Waals surface area contributed by atoms with Crippen LogP contribution in [0.1, 0.15) is 56.2 Å². The molecule has 1 unspecified atom stereocenters. The molecule has 118 valence electrons. The average Bonchev–Trinajstić information content (AvgIpc) is 2.92. The van der Waals surface area contributed by atoms with Crippen molar-refractivity contribution in [2.45, 2.75) is 71.4 Å². The van der Waals surface area contributed by atoms with Crippen LogP contribution in [0, 0.1) is 13.8 Å². The van der Waals surface area contributed by atoms with Crippen LogP contribution in [-0.4, -0.2) is 24.8 Å². The number of rotatable bonds is 7. The van der Waals surface area contributed by atoms with Crippen LogP contribution >= 0.6 is 0 Å². The molecule has 0 aromatic heterocycles. The largest absolute Gasteiger partial charge is 0.374 e. The molecule has 2 nitrogen and oxygen atoms in total. The highest BCUT2D eigenvalue weighted by atomic mass is 16.5. The molecule has 0 radical (unpaired) electrons. The summed E-state index contributed by atoms with van der Waals surface area (Å²) in [7, 11) is 0. The minimum Gasteiger partial charge on any atom is -0.374 e. The van der Waals surface area contributed by atoms with Crippen LogP contribution in [0.25, 0.3) is 0 Å². The van der Waals surface area contributed by atoms with Gasteiger partial charge in [-0.25, -0.2) is 0 Å². The van der Waals surface area contributed by atoms with E-state index in [4.69, 9.17) is 4.74 Å². The van der Waals surface area contributed by atoms with Gasteiger partial charge in [0.05, 0.1) is 5.60 Å². The van der Waals surface area contributed by atoms with Crippen LogP contribution in [0.4, 0.5) is 0 Å². The first-order valence-corrected chi connectivity index (χ1v) is 8.55. The Morgan fingerprint density at radius 3 is 2.29 bits per heavy atom. The highest BCUT2D eigenvalue weighted by molar-refractivity contribution is 5.34. The molecule has 0 heterocycles. The summed E-state index contributed by atoms with van der Waals surface area (Å²) in [5.74, 6) is 0. The summed E-state index contributed by atoms with van der Waals surface area (Å²) in [5, 5.41) is 3.73. The van der Waals surface area contributed by atoms with Gasteiger partial charge in [0.25, 0.3) is 0 Å². The van der Waals surface area contributed by atoms with Gasteiger partial charge in [-0.15, -0.1) is 0 Å². The smallest absolute Gasteiger partial charge is 0.0837 e. The molecule has 1 N–H and O–H groups in total. The molecule has 0 amide bonds. The number of hydrogen-bond acceptors (Lipinski definition) is 2. The summed E-state index contributed by atoms with van der Waals surface area (Å²) < 4.78 is 6.29. The number of likely N-dealkylation sites (N-methyl/N-ethyl adjacent to an activating group) is 1. The lowest BCUT2D eigenvalue weighted by atomic mass is 9.85. The van der Waals surface area contributed by atoms with Crippen LogP contribution in [0.3, 0.4) is 0 Å². The van der Waals surface area contributed by atoms with E-state index >= 15 is 0 Å². The van der Waals surface area contributed by atoms with Crippen molar-refractivity contribution < 1.29 is 4.74 Å². The lowest BCUT2D eigenvalue weighted by Crippen LogP contribution is -2.52. The lowest BCUT2D eigenvalue weighted by Gasteiger charge is -2.38. The highest BCUT2D eigenvalue weighted by Gasteiger charge is 2.41. The Hall–Kier alpha value is -0.860. The first-order valence-electron chi connectivity index (χ1n) is 8.55. The number of ether oxygens (including phenoxy) is 1. The Morgan fingerprint density at radius 2 is 1.76 bits per heavy atom. The molecule has 1 aliphatic rings. The van der Waals surface area contributed by atoms with Gasteiger partial charge in [0, 0.05) is 12.6 Å². The van der Waals surface area contributed by atoms with Gasteiger partial charge in [0.1, 0.15) is 0 Å². The Labute approximate surface area is 130 Å². The van der Waals surface area contributed by atoms with Crippen molar-refractivity contribution in [1.82, 2.24) is 5.32 Å². The summed E-state index contributed by atoms with van der Waals surface area (Å²) >= 11 is 0. The van der Waals surface area contributed by atoms with Gasteiger partial charge in [0.15, 0.2) is 0 Å². The van der Waals surface area contributed by atoms with E-state index in [1.165, 1.54) is 42.4 Å². The molecule has 0 saturated heterocycles. The zero-order valence-electron chi connectivity index (χ0n) is 14.2. The van der Waals surface area contributed by atoms with Crippen molar-refractivity contribution in [3.05, 3.63) is 34.9 Å². The molecule has 2 rings (SSSR count). The second-order valence-electron chi connectivity index (χ2n) is 6.39. The topological polar surface area (TPSA) is 21.3 Å². The lowest BCUT2D eigenvalue weighted by molar-refractivity contribution is -0.0610. The van der Waals surface area contributed by atoms with Gasteiger partial charge in [-0.1, -0.05) is 38.0 Å². The Morgan fingerprint density at radius 1 is 1.14 bits per heavy atom. The third-order valence-corrected chi connectivity index (χ3v) is 5.02. The average molecular weight is 289 g/mol. The summed E-state index contributed by atoms with van der Waals surface area (Å²) in [4.78, 5) is 0. The molecule has 0 aliphatic heterocycles. The Balaban J connectivity index is 2.26. The summed E-state index contributed by atoms with van der Waals surface area (Å²) in [6, 6.07) is 7.04. The van der Waals surface area contributed by atoms with Gasteiger partial charge >= 0.3 is 0 Å². The molecule has 1 aromatic rings. The van der Waals surface area contributed by atoms with E-state index in [1.807, 2.05) is 0 Å². The van der Waals surface area contributed by atoms with E-state index in [-0.39, 0.29) is 5.60 Å². The molecular formula is C19H31NO. The Bertz CT molecular complexity index is 429. The van der Waals surface area contributed by atoms with Gasteiger partial charge in [-0.3, -0.25) is 0 Å². The quantitative estimate of drug-likeness (QED) is 0.813. The van der Waals surface area contributed by atoms with Gasteiger partial charge in [-0.2, -0.15) is 0 Å². The zero-order chi connectivity index (χ0) is 15.3. The molecule has 1 atom stereocenters. The first kappa shape index (κ1) is 16.5. The molecule has 1 aromatic carbocycles. The second kappa shape index (κ2) is 7.42. The van der Waals surface area contributed by atoms with Crippen molar-refractivity contribution >= 4 is 0 Å². The third kappa shape index (κ3) is 3.67. The van der Waals surface area contributed by atoms with Gasteiger partial charge in [-0.05, 0) is 63.3 Å². The first-order chi connectivity index (χ1) is 10.1. The van der Waals surface area contributed by atoms with Crippen LogP contribution < -0.4 is 5.32 Å².